The molecule has 0 aliphatic carbocycles. The molecule has 0 aliphatic rings. The van der Waals surface area contributed by atoms with Gasteiger partial charge in [0.25, 0.3) is 0 Å². The molecule has 1 heterocycles. The van der Waals surface area contributed by atoms with Gasteiger partial charge in [-0.1, -0.05) is 48.5 Å². The molecule has 4 N–H and O–H groups in total. The van der Waals surface area contributed by atoms with Crippen LogP contribution in [0.1, 0.15) is 22.2 Å². The monoisotopic (exact) mass is 436 g/mol. The summed E-state index contributed by atoms with van der Waals surface area (Å²) in [7, 11) is -3.74. The first kappa shape index (κ1) is 20.2. The Labute approximate surface area is 179 Å². The topological polar surface area (TPSA) is 109 Å². The minimum absolute atomic E-state index is 0.0294. The number of benzene rings is 3. The molecule has 0 radical (unpaired) electrons. The summed E-state index contributed by atoms with van der Waals surface area (Å²) in [5, 5.41) is 8.35. The van der Waals surface area contributed by atoms with Crippen molar-refractivity contribution in [3.63, 3.8) is 0 Å². The van der Waals surface area contributed by atoms with E-state index < -0.39 is 16.1 Å². The van der Waals surface area contributed by atoms with E-state index in [0.29, 0.717) is 17.0 Å². The van der Waals surface area contributed by atoms with Crippen LogP contribution in [0.5, 0.6) is 0 Å². The zero-order chi connectivity index (χ0) is 21.1. The summed E-state index contributed by atoms with van der Waals surface area (Å²) in [5.41, 5.74) is 7.91. The van der Waals surface area contributed by atoms with Gasteiger partial charge in [0.05, 0.1) is 21.2 Å². The van der Waals surface area contributed by atoms with Crippen LogP contribution in [-0.2, 0) is 16.4 Å². The molecule has 0 amide bonds. The summed E-state index contributed by atoms with van der Waals surface area (Å²) in [6.07, 6.45) is 0.382. The molecular formula is C22H20N4O2S2. The number of para-hydroxylation sites is 1. The van der Waals surface area contributed by atoms with Gasteiger partial charge < -0.3 is 5.73 Å². The second kappa shape index (κ2) is 8.35. The van der Waals surface area contributed by atoms with Gasteiger partial charge in [0.2, 0.25) is 10.0 Å². The van der Waals surface area contributed by atoms with Crippen LogP contribution in [0.4, 0.5) is 0 Å². The van der Waals surface area contributed by atoms with Crippen LogP contribution < -0.4 is 10.5 Å². The van der Waals surface area contributed by atoms with E-state index in [-0.39, 0.29) is 10.7 Å². The molecule has 4 aromatic rings. The molecule has 6 nitrogen and oxygen atoms in total. The Kier molecular flexibility index (Phi) is 5.63. The Bertz CT molecular complexity index is 1270. The number of nitrogens with zero attached hydrogens (tertiary/aromatic N) is 1. The molecule has 152 valence electrons. The summed E-state index contributed by atoms with van der Waals surface area (Å²) in [6, 6.07) is 22.7. The maximum Gasteiger partial charge on any atom is 0.241 e. The number of nitrogen functional groups attached to an aromatic ring is 1. The normalized spacial score (nSPS) is 12.7. The highest BCUT2D eigenvalue weighted by atomic mass is 32.2. The number of thiazole rings is 1. The molecule has 0 aliphatic heterocycles. The number of nitrogens with two attached hydrogens (primary N) is 1. The molecule has 1 aromatic heterocycles. The Morgan fingerprint density at radius 1 is 1.03 bits per heavy atom. The maximum atomic E-state index is 13.0. The second-order valence-electron chi connectivity index (χ2n) is 6.82. The van der Waals surface area contributed by atoms with Crippen molar-refractivity contribution < 1.29 is 8.42 Å². The van der Waals surface area contributed by atoms with E-state index in [1.54, 1.807) is 42.5 Å². The Balaban J connectivity index is 1.73. The zero-order valence-electron chi connectivity index (χ0n) is 15.9. The highest BCUT2D eigenvalue weighted by Crippen LogP contribution is 2.29. The maximum absolute atomic E-state index is 13.0. The molecule has 0 saturated heterocycles. The molecule has 0 saturated carbocycles. The predicted molar refractivity (Wildman–Crippen MR) is 120 cm³/mol. The molecule has 1 atom stereocenters. The van der Waals surface area contributed by atoms with Gasteiger partial charge in [0.1, 0.15) is 10.8 Å². The number of sulfonamides is 1. The minimum Gasteiger partial charge on any atom is -0.384 e. The zero-order valence-corrected chi connectivity index (χ0v) is 17.6. The van der Waals surface area contributed by atoms with E-state index in [1.165, 1.54) is 11.3 Å². The van der Waals surface area contributed by atoms with E-state index in [2.05, 4.69) is 9.71 Å². The van der Waals surface area contributed by atoms with E-state index in [0.717, 1.165) is 15.8 Å². The van der Waals surface area contributed by atoms with Gasteiger partial charge >= 0.3 is 0 Å². The standard InChI is InChI=1S/C22H20N4O2S2/c23-21(24)16-8-6-7-15(13-16)14-19(22-25-18-11-4-5-12-20(18)29-22)26-30(27,28)17-9-2-1-3-10-17/h1-13,19,26H,14H2,(H3,23,24)/t19-/m0/s1. The molecule has 0 fully saturated rings. The van der Waals surface area contributed by atoms with Crippen molar-refractivity contribution in [2.45, 2.75) is 17.4 Å². The fraction of sp³-hybridized carbons (Fsp3) is 0.0909. The van der Waals surface area contributed by atoms with Gasteiger partial charge in [0.15, 0.2) is 0 Å². The summed E-state index contributed by atoms with van der Waals surface area (Å²) < 4.78 is 29.8. The number of hydrogen-bond donors (Lipinski definition) is 3. The van der Waals surface area contributed by atoms with Crippen molar-refractivity contribution in [2.75, 3.05) is 0 Å². The molecule has 0 unspecified atom stereocenters. The van der Waals surface area contributed by atoms with Crippen molar-refractivity contribution in [2.24, 2.45) is 5.73 Å². The molecular weight excluding hydrogens is 416 g/mol. The second-order valence-corrected chi connectivity index (χ2v) is 9.60. The minimum atomic E-state index is -3.74. The SMILES string of the molecule is N=C(N)c1cccc(C[C@H](NS(=O)(=O)c2ccccc2)c2nc3ccccc3s2)c1. The third-order valence-corrected chi connectivity index (χ3v) is 7.27. The lowest BCUT2D eigenvalue weighted by Gasteiger charge is -2.17. The molecule has 30 heavy (non-hydrogen) atoms. The lowest BCUT2D eigenvalue weighted by Crippen LogP contribution is -2.30. The van der Waals surface area contributed by atoms with Gasteiger partial charge in [0, 0.05) is 5.56 Å². The molecule has 0 bridgehead atoms. The Hall–Kier alpha value is -3.07. The van der Waals surface area contributed by atoms with Crippen LogP contribution in [0, 0.1) is 5.41 Å². The van der Waals surface area contributed by atoms with Crippen molar-refractivity contribution in [1.29, 1.82) is 5.41 Å². The van der Waals surface area contributed by atoms with Crippen molar-refractivity contribution >= 4 is 37.4 Å². The lowest BCUT2D eigenvalue weighted by atomic mass is 10.0. The number of aromatic nitrogens is 1. The van der Waals surface area contributed by atoms with Crippen LogP contribution in [0.15, 0.2) is 83.8 Å². The van der Waals surface area contributed by atoms with E-state index in [9.17, 15) is 8.42 Å². The number of nitrogens with one attached hydrogen (secondary N) is 2. The first-order valence-corrected chi connectivity index (χ1v) is 11.6. The van der Waals surface area contributed by atoms with Crippen molar-refractivity contribution in [3.05, 3.63) is 95.0 Å². The van der Waals surface area contributed by atoms with Crippen molar-refractivity contribution in [1.82, 2.24) is 9.71 Å². The summed E-state index contributed by atoms with van der Waals surface area (Å²) in [6.45, 7) is 0. The van der Waals surface area contributed by atoms with Crippen molar-refractivity contribution in [3.8, 4) is 0 Å². The third kappa shape index (κ3) is 4.40. The van der Waals surface area contributed by atoms with Crippen LogP contribution in [-0.4, -0.2) is 19.2 Å². The Morgan fingerprint density at radius 3 is 2.50 bits per heavy atom. The fourth-order valence-electron chi connectivity index (χ4n) is 3.17. The third-order valence-electron chi connectivity index (χ3n) is 4.64. The van der Waals surface area contributed by atoms with Gasteiger partial charge in [-0.2, -0.15) is 0 Å². The molecule has 4 rings (SSSR count). The molecule has 3 aromatic carbocycles. The van der Waals surface area contributed by atoms with Crippen LogP contribution in [0.3, 0.4) is 0 Å². The number of amidine groups is 1. The van der Waals surface area contributed by atoms with Gasteiger partial charge in [-0.3, -0.25) is 5.41 Å². The summed E-state index contributed by atoms with van der Waals surface area (Å²) in [4.78, 5) is 4.87. The van der Waals surface area contributed by atoms with Crippen LogP contribution in [0.2, 0.25) is 0 Å². The average Bonchev–Trinajstić information content (AvgIpc) is 3.18. The first-order chi connectivity index (χ1) is 14.4. The molecule has 0 spiro atoms. The van der Waals surface area contributed by atoms with Gasteiger partial charge in [-0.25, -0.2) is 18.1 Å². The van der Waals surface area contributed by atoms with E-state index in [1.807, 2.05) is 36.4 Å². The number of hydrogen-bond acceptors (Lipinski definition) is 5. The van der Waals surface area contributed by atoms with Crippen LogP contribution >= 0.6 is 11.3 Å². The molecule has 8 heteroatoms. The highest BCUT2D eigenvalue weighted by molar-refractivity contribution is 7.89. The first-order valence-electron chi connectivity index (χ1n) is 9.28. The summed E-state index contributed by atoms with van der Waals surface area (Å²) in [5.74, 6) is -0.0294. The summed E-state index contributed by atoms with van der Waals surface area (Å²) >= 11 is 1.47. The highest BCUT2D eigenvalue weighted by Gasteiger charge is 2.24. The lowest BCUT2D eigenvalue weighted by molar-refractivity contribution is 0.554. The largest absolute Gasteiger partial charge is 0.384 e. The van der Waals surface area contributed by atoms with E-state index >= 15 is 0 Å². The number of fused-ring (bicyclic) bond motifs is 1. The predicted octanol–water partition coefficient (Wildman–Crippen LogP) is 3.84. The van der Waals surface area contributed by atoms with E-state index in [4.69, 9.17) is 11.1 Å². The van der Waals surface area contributed by atoms with Gasteiger partial charge in [-0.05, 0) is 42.3 Å². The van der Waals surface area contributed by atoms with Gasteiger partial charge in [-0.15, -0.1) is 11.3 Å². The Morgan fingerprint density at radius 2 is 1.77 bits per heavy atom. The fourth-order valence-corrected chi connectivity index (χ4v) is 5.49. The average molecular weight is 437 g/mol. The number of rotatable bonds is 7. The smallest absolute Gasteiger partial charge is 0.241 e. The van der Waals surface area contributed by atoms with Crippen LogP contribution in [0.25, 0.3) is 10.2 Å². The quantitative estimate of drug-likeness (QED) is 0.302.